The van der Waals surface area contributed by atoms with Gasteiger partial charge in [-0.25, -0.2) is 0 Å². The molecule has 0 saturated carbocycles. The van der Waals surface area contributed by atoms with Crippen LogP contribution in [0.3, 0.4) is 0 Å². The van der Waals surface area contributed by atoms with Gasteiger partial charge in [0, 0.05) is 25.0 Å². The molecule has 0 spiro atoms. The first-order valence-electron chi connectivity index (χ1n) is 8.88. The molecule has 0 bridgehead atoms. The van der Waals surface area contributed by atoms with Gasteiger partial charge in [-0.1, -0.05) is 58.3 Å². The molecule has 0 aromatic carbocycles. The van der Waals surface area contributed by atoms with E-state index in [0.717, 1.165) is 0 Å². The van der Waals surface area contributed by atoms with E-state index in [0.29, 0.717) is 12.2 Å². The Hall–Kier alpha value is -0.660. The minimum Gasteiger partial charge on any atom is -0.356 e. The van der Waals surface area contributed by atoms with Crippen molar-refractivity contribution in [3.8, 4) is 0 Å². The van der Waals surface area contributed by atoms with Crippen molar-refractivity contribution in [3.05, 3.63) is 12.4 Å². The van der Waals surface area contributed by atoms with E-state index in [1.54, 1.807) is 0 Å². The van der Waals surface area contributed by atoms with Crippen molar-refractivity contribution < 1.29 is 0 Å². The predicted octanol–water partition coefficient (Wildman–Crippen LogP) is 5.36. The maximum atomic E-state index is 2.49. The van der Waals surface area contributed by atoms with Crippen molar-refractivity contribution in [3.63, 3.8) is 0 Å². The summed E-state index contributed by atoms with van der Waals surface area (Å²) in [5.41, 5.74) is 0. The summed E-state index contributed by atoms with van der Waals surface area (Å²) in [7, 11) is 0. The van der Waals surface area contributed by atoms with E-state index in [4.69, 9.17) is 0 Å². The van der Waals surface area contributed by atoms with E-state index < -0.39 is 0 Å². The van der Waals surface area contributed by atoms with Gasteiger partial charge in [0.15, 0.2) is 0 Å². The Balaban J connectivity index is 1.96. The Kier molecular flexibility index (Phi) is 8.80. The van der Waals surface area contributed by atoms with Crippen LogP contribution in [-0.4, -0.2) is 28.6 Å². The summed E-state index contributed by atoms with van der Waals surface area (Å²) in [5, 5.41) is 0. The standard InChI is InChI=1S/C18H36N2/c1-5-6-7-8-9-10-11-12-13-14-19-15-16-20(17(2)3)18(19)4/h15-18H,5-14H2,1-4H3. The van der Waals surface area contributed by atoms with Gasteiger partial charge in [-0.3, -0.25) is 0 Å². The molecule has 0 saturated heterocycles. The fourth-order valence-electron chi connectivity index (χ4n) is 3.05. The summed E-state index contributed by atoms with van der Waals surface area (Å²) in [4.78, 5) is 4.93. The molecule has 1 rings (SSSR count). The van der Waals surface area contributed by atoms with E-state index in [9.17, 15) is 0 Å². The predicted molar refractivity (Wildman–Crippen MR) is 89.5 cm³/mol. The van der Waals surface area contributed by atoms with Crippen molar-refractivity contribution in [2.75, 3.05) is 6.54 Å². The Bertz CT molecular complexity index is 260. The summed E-state index contributed by atoms with van der Waals surface area (Å²) in [5.74, 6) is 0. The van der Waals surface area contributed by atoms with Crippen LogP contribution >= 0.6 is 0 Å². The van der Waals surface area contributed by atoms with Gasteiger partial charge in [0.25, 0.3) is 0 Å². The number of rotatable bonds is 11. The fraction of sp³-hybridized carbons (Fsp3) is 0.889. The third-order valence-corrected chi connectivity index (χ3v) is 4.46. The van der Waals surface area contributed by atoms with Gasteiger partial charge in [-0.2, -0.15) is 0 Å². The van der Waals surface area contributed by atoms with Gasteiger partial charge in [-0.15, -0.1) is 0 Å². The van der Waals surface area contributed by atoms with Crippen molar-refractivity contribution in [2.45, 2.75) is 97.7 Å². The normalized spacial score (nSPS) is 18.6. The second kappa shape index (κ2) is 10.1. The topological polar surface area (TPSA) is 6.48 Å². The summed E-state index contributed by atoms with van der Waals surface area (Å²) in [6.07, 6.45) is 17.8. The van der Waals surface area contributed by atoms with Gasteiger partial charge < -0.3 is 9.80 Å². The molecule has 20 heavy (non-hydrogen) atoms. The first-order valence-corrected chi connectivity index (χ1v) is 8.88. The van der Waals surface area contributed by atoms with Crippen LogP contribution < -0.4 is 0 Å². The molecular formula is C18H36N2. The Morgan fingerprint density at radius 1 is 0.850 bits per heavy atom. The van der Waals surface area contributed by atoms with Crippen molar-refractivity contribution in [2.24, 2.45) is 0 Å². The first-order chi connectivity index (χ1) is 9.66. The van der Waals surface area contributed by atoms with Gasteiger partial charge in [-0.05, 0) is 27.2 Å². The lowest BCUT2D eigenvalue weighted by Crippen LogP contribution is -2.39. The summed E-state index contributed by atoms with van der Waals surface area (Å²) < 4.78 is 0. The lowest BCUT2D eigenvalue weighted by atomic mass is 10.1. The fourth-order valence-corrected chi connectivity index (χ4v) is 3.05. The molecule has 2 nitrogen and oxygen atoms in total. The lowest BCUT2D eigenvalue weighted by Gasteiger charge is -2.32. The average Bonchev–Trinajstić information content (AvgIpc) is 2.78. The zero-order valence-corrected chi connectivity index (χ0v) is 14.3. The zero-order valence-electron chi connectivity index (χ0n) is 14.3. The molecule has 0 aliphatic carbocycles. The minimum absolute atomic E-state index is 0.545. The summed E-state index contributed by atoms with van der Waals surface area (Å²) in [6.45, 7) is 10.4. The van der Waals surface area contributed by atoms with Gasteiger partial charge in [0.1, 0.15) is 0 Å². The van der Waals surface area contributed by atoms with Gasteiger partial charge in [0.2, 0.25) is 0 Å². The lowest BCUT2D eigenvalue weighted by molar-refractivity contribution is 0.141. The molecule has 0 radical (unpaired) electrons. The minimum atomic E-state index is 0.545. The third kappa shape index (κ3) is 6.19. The number of hydrogen-bond acceptors (Lipinski definition) is 2. The van der Waals surface area contributed by atoms with E-state index in [1.165, 1.54) is 64.3 Å². The molecule has 1 unspecified atom stereocenters. The highest BCUT2D eigenvalue weighted by molar-refractivity contribution is 4.96. The maximum absolute atomic E-state index is 2.49. The van der Waals surface area contributed by atoms with Crippen molar-refractivity contribution in [1.82, 2.24) is 9.80 Å². The third-order valence-electron chi connectivity index (χ3n) is 4.46. The van der Waals surface area contributed by atoms with Gasteiger partial charge in [0.05, 0.1) is 6.17 Å². The SMILES string of the molecule is CCCCCCCCCCCN1C=CN(C(C)C)C1C. The molecule has 118 valence electrons. The highest BCUT2D eigenvalue weighted by atomic mass is 15.4. The first kappa shape index (κ1) is 17.4. The molecule has 0 aromatic rings. The van der Waals surface area contributed by atoms with E-state index in [1.807, 2.05) is 0 Å². The Morgan fingerprint density at radius 3 is 1.90 bits per heavy atom. The molecule has 1 aliphatic heterocycles. The summed E-state index contributed by atoms with van der Waals surface area (Å²) >= 11 is 0. The quantitative estimate of drug-likeness (QED) is 0.470. The molecule has 0 amide bonds. The van der Waals surface area contributed by atoms with Crippen LogP contribution in [0.5, 0.6) is 0 Å². The van der Waals surface area contributed by atoms with Crippen LogP contribution in [0.1, 0.15) is 85.5 Å². The number of hydrogen-bond donors (Lipinski definition) is 0. The van der Waals surface area contributed by atoms with Crippen LogP contribution in [0.15, 0.2) is 12.4 Å². The van der Waals surface area contributed by atoms with Crippen molar-refractivity contribution >= 4 is 0 Å². The van der Waals surface area contributed by atoms with Crippen molar-refractivity contribution in [1.29, 1.82) is 0 Å². The van der Waals surface area contributed by atoms with E-state index >= 15 is 0 Å². The molecular weight excluding hydrogens is 244 g/mol. The average molecular weight is 280 g/mol. The summed E-state index contributed by atoms with van der Waals surface area (Å²) in [6, 6.07) is 0.606. The molecule has 2 heteroatoms. The zero-order chi connectivity index (χ0) is 14.8. The Labute approximate surface area is 127 Å². The highest BCUT2D eigenvalue weighted by Gasteiger charge is 2.22. The monoisotopic (exact) mass is 280 g/mol. The van der Waals surface area contributed by atoms with Gasteiger partial charge >= 0.3 is 0 Å². The molecule has 0 N–H and O–H groups in total. The van der Waals surface area contributed by atoms with Crippen LogP contribution in [0.25, 0.3) is 0 Å². The maximum Gasteiger partial charge on any atom is 0.0980 e. The number of nitrogens with zero attached hydrogens (tertiary/aromatic N) is 2. The molecule has 1 atom stereocenters. The second-order valence-corrected chi connectivity index (χ2v) is 6.54. The van der Waals surface area contributed by atoms with E-state index in [-0.39, 0.29) is 0 Å². The Morgan fingerprint density at radius 2 is 1.40 bits per heavy atom. The smallest absolute Gasteiger partial charge is 0.0980 e. The highest BCUT2D eigenvalue weighted by Crippen LogP contribution is 2.19. The number of unbranched alkanes of at least 4 members (excludes halogenated alkanes) is 8. The molecule has 0 aromatic heterocycles. The van der Waals surface area contributed by atoms with Crippen LogP contribution in [-0.2, 0) is 0 Å². The second-order valence-electron chi connectivity index (χ2n) is 6.54. The molecule has 0 fully saturated rings. The van der Waals surface area contributed by atoms with E-state index in [2.05, 4.69) is 49.9 Å². The van der Waals surface area contributed by atoms with Crippen LogP contribution in [0.2, 0.25) is 0 Å². The van der Waals surface area contributed by atoms with Crippen LogP contribution in [0, 0.1) is 0 Å². The van der Waals surface area contributed by atoms with Crippen LogP contribution in [0.4, 0.5) is 0 Å². The molecule has 1 heterocycles. The molecule has 1 aliphatic rings. The largest absolute Gasteiger partial charge is 0.356 e.